The van der Waals surface area contributed by atoms with Crippen LogP contribution in [0.3, 0.4) is 0 Å². The van der Waals surface area contributed by atoms with Gasteiger partial charge in [0.25, 0.3) is 0 Å². The minimum atomic E-state index is -0.436. The number of nitrogens with zero attached hydrogens (tertiary/aromatic N) is 3. The molecule has 7 heteroatoms. The highest BCUT2D eigenvalue weighted by molar-refractivity contribution is 5.77. The number of benzene rings is 1. The number of hydrogen-bond acceptors (Lipinski definition) is 5. The molecule has 1 N–H and O–H groups in total. The molecule has 0 aliphatic heterocycles. The topological polar surface area (TPSA) is 77.2 Å². The zero-order valence-corrected chi connectivity index (χ0v) is 15.5. The molecule has 0 unspecified atom stereocenters. The Kier molecular flexibility index (Phi) is 4.94. The Bertz CT molecular complexity index is 1040. The molecule has 3 rings (SSSR count). The molecule has 6 nitrogen and oxygen atoms in total. The highest BCUT2D eigenvalue weighted by atomic mass is 19.1. The molecule has 140 valence electrons. The number of aryl methyl sites for hydroxylation is 2. The molecule has 3 aromatic rings. The van der Waals surface area contributed by atoms with Crippen molar-refractivity contribution in [2.45, 2.75) is 26.9 Å². The standard InChI is InChI=1S/C20H20FN3O3/c1-11(2)27-16-9-14(21)6-7-15(16)18-12(3)22-19(23-20(18)26)13-5-8-17(25)24(4)10-13/h5-11H,1-4H3,(H,22,23,26). The number of pyridine rings is 1. The van der Waals surface area contributed by atoms with E-state index in [1.807, 2.05) is 13.8 Å². The third kappa shape index (κ3) is 3.81. The first-order valence-electron chi connectivity index (χ1n) is 8.47. The molecule has 0 fully saturated rings. The molecule has 0 bridgehead atoms. The molecule has 2 heterocycles. The van der Waals surface area contributed by atoms with Crippen LogP contribution in [0.2, 0.25) is 0 Å². The van der Waals surface area contributed by atoms with E-state index in [4.69, 9.17) is 4.74 Å². The summed E-state index contributed by atoms with van der Waals surface area (Å²) in [7, 11) is 1.63. The van der Waals surface area contributed by atoms with Crippen molar-refractivity contribution in [1.29, 1.82) is 0 Å². The second kappa shape index (κ2) is 7.19. The third-order valence-corrected chi connectivity index (χ3v) is 3.99. The van der Waals surface area contributed by atoms with Crippen molar-refractivity contribution in [3.63, 3.8) is 0 Å². The minimum absolute atomic E-state index is 0.155. The van der Waals surface area contributed by atoms with Crippen LogP contribution >= 0.6 is 0 Å². The first-order chi connectivity index (χ1) is 12.8. The van der Waals surface area contributed by atoms with E-state index in [1.54, 1.807) is 26.2 Å². The maximum absolute atomic E-state index is 13.7. The lowest BCUT2D eigenvalue weighted by atomic mass is 10.0. The van der Waals surface area contributed by atoms with Crippen molar-refractivity contribution in [2.24, 2.45) is 7.05 Å². The van der Waals surface area contributed by atoms with Crippen LogP contribution in [-0.4, -0.2) is 25.7 Å². The van der Waals surface area contributed by atoms with Crippen LogP contribution in [0.1, 0.15) is 19.5 Å². The van der Waals surface area contributed by atoms with Crippen LogP contribution in [0.4, 0.5) is 4.39 Å². The van der Waals surface area contributed by atoms with Gasteiger partial charge in [-0.3, -0.25) is 4.79 Å². The Balaban J connectivity index is 2.14. The Hall–Kier alpha value is -3.22. The number of rotatable bonds is 4. The van der Waals surface area contributed by atoms with Gasteiger partial charge in [0.15, 0.2) is 5.82 Å². The molecular weight excluding hydrogens is 349 g/mol. The zero-order chi connectivity index (χ0) is 19.7. The van der Waals surface area contributed by atoms with Crippen molar-refractivity contribution in [3.8, 4) is 34.1 Å². The third-order valence-electron chi connectivity index (χ3n) is 3.99. The van der Waals surface area contributed by atoms with Crippen LogP contribution in [0.25, 0.3) is 22.5 Å². The van der Waals surface area contributed by atoms with E-state index in [2.05, 4.69) is 9.97 Å². The monoisotopic (exact) mass is 369 g/mol. The fourth-order valence-electron chi connectivity index (χ4n) is 2.78. The van der Waals surface area contributed by atoms with Crippen molar-refractivity contribution >= 4 is 0 Å². The predicted octanol–water partition coefficient (Wildman–Crippen LogP) is 3.45. The maximum atomic E-state index is 13.7. The van der Waals surface area contributed by atoms with E-state index in [-0.39, 0.29) is 23.4 Å². The van der Waals surface area contributed by atoms with Gasteiger partial charge in [-0.25, -0.2) is 9.37 Å². The lowest BCUT2D eigenvalue weighted by molar-refractivity contribution is 0.242. The van der Waals surface area contributed by atoms with E-state index in [0.717, 1.165) is 0 Å². The average Bonchev–Trinajstić information content (AvgIpc) is 2.58. The second-order valence-corrected chi connectivity index (χ2v) is 6.51. The molecule has 0 amide bonds. The molecular formula is C20H20FN3O3. The molecule has 0 radical (unpaired) electrons. The Morgan fingerprint density at radius 1 is 1.19 bits per heavy atom. The first kappa shape index (κ1) is 18.6. The SMILES string of the molecule is Cc1nc(-c2ccc(=O)n(C)c2)nc(O)c1-c1ccc(F)cc1OC(C)C. The lowest BCUT2D eigenvalue weighted by Gasteiger charge is -2.16. The number of aromatic hydroxyl groups is 1. The summed E-state index contributed by atoms with van der Waals surface area (Å²) < 4.78 is 20.8. The normalized spacial score (nSPS) is 11.0. The quantitative estimate of drug-likeness (QED) is 0.762. The number of aromatic nitrogens is 3. The summed E-state index contributed by atoms with van der Waals surface area (Å²) in [6.07, 6.45) is 1.43. The van der Waals surface area contributed by atoms with Crippen molar-refractivity contribution in [1.82, 2.24) is 14.5 Å². The summed E-state index contributed by atoms with van der Waals surface area (Å²) in [6.45, 7) is 5.39. The van der Waals surface area contributed by atoms with Crippen molar-refractivity contribution < 1.29 is 14.2 Å². The summed E-state index contributed by atoms with van der Waals surface area (Å²) in [5.74, 6) is -0.0829. The predicted molar refractivity (Wildman–Crippen MR) is 100 cm³/mol. The van der Waals surface area contributed by atoms with Gasteiger partial charge in [-0.2, -0.15) is 4.98 Å². The van der Waals surface area contributed by atoms with Gasteiger partial charge < -0.3 is 14.4 Å². The van der Waals surface area contributed by atoms with E-state index in [9.17, 15) is 14.3 Å². The minimum Gasteiger partial charge on any atom is -0.493 e. The summed E-state index contributed by atoms with van der Waals surface area (Å²) in [6, 6.07) is 7.11. The van der Waals surface area contributed by atoms with E-state index in [0.29, 0.717) is 28.1 Å². The summed E-state index contributed by atoms with van der Waals surface area (Å²) in [5, 5.41) is 10.6. The molecule has 1 aromatic carbocycles. The number of ether oxygens (including phenoxy) is 1. The zero-order valence-electron chi connectivity index (χ0n) is 15.5. The highest BCUT2D eigenvalue weighted by Crippen LogP contribution is 2.38. The van der Waals surface area contributed by atoms with E-state index < -0.39 is 5.82 Å². The van der Waals surface area contributed by atoms with Crippen molar-refractivity contribution in [2.75, 3.05) is 0 Å². The largest absolute Gasteiger partial charge is 0.493 e. The molecule has 0 aliphatic carbocycles. The first-order valence-corrected chi connectivity index (χ1v) is 8.47. The molecule has 0 aliphatic rings. The Labute approximate surface area is 155 Å². The van der Waals surface area contributed by atoms with Crippen LogP contribution < -0.4 is 10.3 Å². The molecule has 2 aromatic heterocycles. The molecule has 0 spiro atoms. The molecule has 27 heavy (non-hydrogen) atoms. The van der Waals surface area contributed by atoms with Gasteiger partial charge in [-0.15, -0.1) is 0 Å². The second-order valence-electron chi connectivity index (χ2n) is 6.51. The fraction of sp³-hybridized carbons (Fsp3) is 0.250. The van der Waals surface area contributed by atoms with Crippen LogP contribution in [0, 0.1) is 12.7 Å². The van der Waals surface area contributed by atoms with Crippen LogP contribution in [0.15, 0.2) is 41.3 Å². The summed E-state index contributed by atoms with van der Waals surface area (Å²) >= 11 is 0. The van der Waals surface area contributed by atoms with Gasteiger partial charge in [-0.05, 0) is 39.0 Å². The maximum Gasteiger partial charge on any atom is 0.250 e. The number of halogens is 1. The van der Waals surface area contributed by atoms with Crippen molar-refractivity contribution in [3.05, 3.63) is 58.4 Å². The molecule has 0 atom stereocenters. The Morgan fingerprint density at radius 2 is 1.93 bits per heavy atom. The molecule has 0 saturated carbocycles. The van der Waals surface area contributed by atoms with Gasteiger partial charge >= 0.3 is 0 Å². The van der Waals surface area contributed by atoms with E-state index in [1.165, 1.54) is 28.8 Å². The highest BCUT2D eigenvalue weighted by Gasteiger charge is 2.19. The van der Waals surface area contributed by atoms with Gasteiger partial charge in [0, 0.05) is 36.5 Å². The van der Waals surface area contributed by atoms with Gasteiger partial charge in [0.1, 0.15) is 11.6 Å². The number of hydrogen-bond donors (Lipinski definition) is 1. The fourth-order valence-corrected chi connectivity index (χ4v) is 2.78. The molecule has 0 saturated heterocycles. The summed E-state index contributed by atoms with van der Waals surface area (Å²) in [5.41, 5.74) is 1.83. The average molecular weight is 369 g/mol. The van der Waals surface area contributed by atoms with Crippen LogP contribution in [-0.2, 0) is 7.05 Å². The van der Waals surface area contributed by atoms with Gasteiger partial charge in [0.2, 0.25) is 11.4 Å². The van der Waals surface area contributed by atoms with Gasteiger partial charge in [0.05, 0.1) is 17.4 Å². The lowest BCUT2D eigenvalue weighted by Crippen LogP contribution is -2.14. The smallest absolute Gasteiger partial charge is 0.250 e. The van der Waals surface area contributed by atoms with Crippen LogP contribution in [0.5, 0.6) is 11.6 Å². The van der Waals surface area contributed by atoms with Gasteiger partial charge in [-0.1, -0.05) is 0 Å². The Morgan fingerprint density at radius 3 is 2.56 bits per heavy atom. The van der Waals surface area contributed by atoms with E-state index >= 15 is 0 Å². The summed E-state index contributed by atoms with van der Waals surface area (Å²) in [4.78, 5) is 20.2.